The Morgan fingerprint density at radius 1 is 1.47 bits per heavy atom. The van der Waals surface area contributed by atoms with Gasteiger partial charge >= 0.3 is 0 Å². The van der Waals surface area contributed by atoms with E-state index in [-0.39, 0.29) is 6.29 Å². The van der Waals surface area contributed by atoms with Crippen molar-refractivity contribution in [2.75, 3.05) is 13.2 Å². The Balaban J connectivity index is 1.61. The third-order valence-corrected chi connectivity index (χ3v) is 2.72. The number of pyridine rings is 1. The summed E-state index contributed by atoms with van der Waals surface area (Å²) < 4.78 is 11.1. The molecule has 0 aliphatic carbocycles. The number of rotatable bonds is 5. The van der Waals surface area contributed by atoms with Crippen molar-refractivity contribution in [3.63, 3.8) is 0 Å². The maximum absolute atomic E-state index is 5.63. The third-order valence-electron chi connectivity index (χ3n) is 2.72. The van der Waals surface area contributed by atoms with Crippen LogP contribution < -0.4 is 0 Å². The van der Waals surface area contributed by atoms with Crippen molar-refractivity contribution in [3.05, 3.63) is 36.2 Å². The summed E-state index contributed by atoms with van der Waals surface area (Å²) in [4.78, 5) is 4.05. The fourth-order valence-electron chi connectivity index (χ4n) is 1.80. The summed E-state index contributed by atoms with van der Waals surface area (Å²) in [5.74, 6) is 0. The van der Waals surface area contributed by atoms with Crippen LogP contribution in [-0.4, -0.2) is 24.5 Å². The molecule has 17 heavy (non-hydrogen) atoms. The molecule has 1 aliphatic rings. The van der Waals surface area contributed by atoms with Gasteiger partial charge in [-0.1, -0.05) is 18.2 Å². The maximum Gasteiger partial charge on any atom is 0.157 e. The Labute approximate surface area is 102 Å². The van der Waals surface area contributed by atoms with Crippen LogP contribution in [0.2, 0.25) is 0 Å². The van der Waals surface area contributed by atoms with Crippen molar-refractivity contribution in [2.24, 2.45) is 0 Å². The highest BCUT2D eigenvalue weighted by Gasteiger charge is 2.12. The molecular formula is C14H19NO2. The molecule has 0 spiro atoms. The number of nitrogens with zero attached hydrogens (tertiary/aromatic N) is 1. The summed E-state index contributed by atoms with van der Waals surface area (Å²) in [5.41, 5.74) is 1.13. The van der Waals surface area contributed by atoms with Crippen molar-refractivity contribution in [2.45, 2.75) is 32.0 Å². The summed E-state index contributed by atoms with van der Waals surface area (Å²) >= 11 is 0. The SMILES string of the molecule is C(=C\c1cccnc1)/CCOC1CCCCO1. The van der Waals surface area contributed by atoms with Crippen LogP contribution in [0.15, 0.2) is 30.6 Å². The lowest BCUT2D eigenvalue weighted by Crippen LogP contribution is -2.22. The average Bonchev–Trinajstić information content (AvgIpc) is 2.41. The second-order valence-electron chi connectivity index (χ2n) is 4.14. The maximum atomic E-state index is 5.63. The van der Waals surface area contributed by atoms with Crippen LogP contribution in [0.1, 0.15) is 31.2 Å². The predicted molar refractivity (Wildman–Crippen MR) is 67.4 cm³/mol. The van der Waals surface area contributed by atoms with Gasteiger partial charge in [0.1, 0.15) is 0 Å². The number of hydrogen-bond donors (Lipinski definition) is 0. The molecule has 3 heteroatoms. The molecule has 0 bridgehead atoms. The van der Waals surface area contributed by atoms with Gasteiger partial charge in [-0.3, -0.25) is 4.98 Å². The van der Waals surface area contributed by atoms with E-state index in [1.54, 1.807) is 6.20 Å². The second kappa shape index (κ2) is 7.20. The first-order valence-corrected chi connectivity index (χ1v) is 6.25. The topological polar surface area (TPSA) is 31.4 Å². The molecule has 1 unspecified atom stereocenters. The quantitative estimate of drug-likeness (QED) is 0.732. The third kappa shape index (κ3) is 4.67. The fraction of sp³-hybridized carbons (Fsp3) is 0.500. The van der Waals surface area contributed by atoms with Gasteiger partial charge in [-0.15, -0.1) is 0 Å². The van der Waals surface area contributed by atoms with Gasteiger partial charge in [0.15, 0.2) is 6.29 Å². The van der Waals surface area contributed by atoms with Crippen molar-refractivity contribution in [3.8, 4) is 0 Å². The Morgan fingerprint density at radius 2 is 2.47 bits per heavy atom. The van der Waals surface area contributed by atoms with Gasteiger partial charge in [0.05, 0.1) is 6.61 Å². The van der Waals surface area contributed by atoms with E-state index in [2.05, 4.69) is 17.1 Å². The van der Waals surface area contributed by atoms with Crippen LogP contribution in [0, 0.1) is 0 Å². The summed E-state index contributed by atoms with van der Waals surface area (Å²) in [5, 5.41) is 0. The van der Waals surface area contributed by atoms with E-state index in [0.29, 0.717) is 0 Å². The minimum Gasteiger partial charge on any atom is -0.353 e. The van der Waals surface area contributed by atoms with E-state index in [1.165, 1.54) is 12.8 Å². The van der Waals surface area contributed by atoms with Crippen LogP contribution in [0.25, 0.3) is 6.08 Å². The highest BCUT2D eigenvalue weighted by molar-refractivity contribution is 5.47. The van der Waals surface area contributed by atoms with E-state index in [9.17, 15) is 0 Å². The molecule has 0 saturated carbocycles. The first-order valence-electron chi connectivity index (χ1n) is 6.25. The van der Waals surface area contributed by atoms with Crippen LogP contribution in [0.5, 0.6) is 0 Å². The van der Waals surface area contributed by atoms with Gasteiger partial charge in [0, 0.05) is 19.0 Å². The lowest BCUT2D eigenvalue weighted by Gasteiger charge is -2.22. The molecule has 1 aliphatic heterocycles. The lowest BCUT2D eigenvalue weighted by molar-refractivity contribution is -0.161. The fourth-order valence-corrected chi connectivity index (χ4v) is 1.80. The molecule has 2 heterocycles. The molecule has 0 N–H and O–H groups in total. The zero-order valence-electron chi connectivity index (χ0n) is 10.0. The van der Waals surface area contributed by atoms with Crippen molar-refractivity contribution in [1.29, 1.82) is 0 Å². The second-order valence-corrected chi connectivity index (χ2v) is 4.14. The van der Waals surface area contributed by atoms with Gasteiger partial charge in [0.2, 0.25) is 0 Å². The molecule has 0 aromatic carbocycles. The first-order chi connectivity index (χ1) is 8.45. The smallest absolute Gasteiger partial charge is 0.157 e. The largest absolute Gasteiger partial charge is 0.353 e. The molecule has 3 nitrogen and oxygen atoms in total. The molecule has 0 radical (unpaired) electrons. The van der Waals surface area contributed by atoms with Crippen LogP contribution in [0.4, 0.5) is 0 Å². The molecule has 1 aromatic rings. The highest BCUT2D eigenvalue weighted by atomic mass is 16.7. The van der Waals surface area contributed by atoms with E-state index in [1.807, 2.05) is 18.3 Å². The van der Waals surface area contributed by atoms with Crippen LogP contribution in [0.3, 0.4) is 0 Å². The molecule has 1 fully saturated rings. The predicted octanol–water partition coefficient (Wildman–Crippen LogP) is 3.03. The van der Waals surface area contributed by atoms with Gasteiger partial charge < -0.3 is 9.47 Å². The normalized spacial score (nSPS) is 20.8. The zero-order chi connectivity index (χ0) is 11.8. The molecule has 1 saturated heterocycles. The summed E-state index contributed by atoms with van der Waals surface area (Å²) in [7, 11) is 0. The number of aromatic nitrogens is 1. The summed E-state index contributed by atoms with van der Waals surface area (Å²) in [6.07, 6.45) is 12.2. The first kappa shape index (κ1) is 12.3. The average molecular weight is 233 g/mol. The Bertz CT molecular complexity index is 331. The monoisotopic (exact) mass is 233 g/mol. The van der Waals surface area contributed by atoms with Gasteiger partial charge in [0.25, 0.3) is 0 Å². The van der Waals surface area contributed by atoms with Crippen molar-refractivity contribution < 1.29 is 9.47 Å². The van der Waals surface area contributed by atoms with Gasteiger partial charge in [-0.25, -0.2) is 0 Å². The minimum absolute atomic E-state index is 0.0236. The van der Waals surface area contributed by atoms with E-state index >= 15 is 0 Å². The Kier molecular flexibility index (Phi) is 5.20. The van der Waals surface area contributed by atoms with Gasteiger partial charge in [-0.2, -0.15) is 0 Å². The Morgan fingerprint density at radius 3 is 3.24 bits per heavy atom. The summed E-state index contributed by atoms with van der Waals surface area (Å²) in [6, 6.07) is 3.97. The molecule has 1 aromatic heterocycles. The lowest BCUT2D eigenvalue weighted by atomic mass is 10.2. The number of hydrogen-bond acceptors (Lipinski definition) is 3. The van der Waals surface area contributed by atoms with Gasteiger partial charge in [-0.05, 0) is 37.3 Å². The summed E-state index contributed by atoms with van der Waals surface area (Å²) in [6.45, 7) is 1.57. The molecule has 0 amide bonds. The Hall–Kier alpha value is -1.19. The van der Waals surface area contributed by atoms with Crippen LogP contribution >= 0.6 is 0 Å². The standard InChI is InChI=1S/C14H19NO2/c1(6-13-7-5-9-15-12-13)3-10-16-14-8-2-4-11-17-14/h1,5-7,9,12,14H,2-4,8,10-11H2/b6-1+. The van der Waals surface area contributed by atoms with E-state index in [4.69, 9.17) is 9.47 Å². The minimum atomic E-state index is 0.0236. The van der Waals surface area contributed by atoms with E-state index < -0.39 is 0 Å². The highest BCUT2D eigenvalue weighted by Crippen LogP contribution is 2.13. The number of ether oxygens (including phenoxy) is 2. The van der Waals surface area contributed by atoms with Crippen molar-refractivity contribution in [1.82, 2.24) is 4.98 Å². The zero-order valence-corrected chi connectivity index (χ0v) is 10.0. The van der Waals surface area contributed by atoms with Crippen molar-refractivity contribution >= 4 is 6.08 Å². The van der Waals surface area contributed by atoms with E-state index in [0.717, 1.165) is 31.6 Å². The molecular weight excluding hydrogens is 214 g/mol. The molecule has 1 atom stereocenters. The van der Waals surface area contributed by atoms with Crippen LogP contribution in [-0.2, 0) is 9.47 Å². The molecule has 92 valence electrons. The molecule has 2 rings (SSSR count).